The number of nitrogens with one attached hydrogen (secondary N) is 1. The molecule has 1 aliphatic carbocycles. The molecule has 0 radical (unpaired) electrons. The maximum atomic E-state index is 13.6. The molecular weight excluding hydrogens is 373 g/mol. The SMILES string of the molecule is COc1ccc([N+](=O)[O-])c2c1N[C@H](c1ccccc1C(F)(F)F)[C@H]1CC=C[C@@H]21. The number of hydrogen-bond acceptors (Lipinski definition) is 4. The van der Waals surface area contributed by atoms with Crippen molar-refractivity contribution in [3.8, 4) is 5.75 Å². The first-order valence-electron chi connectivity index (χ1n) is 8.77. The highest BCUT2D eigenvalue weighted by atomic mass is 19.4. The number of nitro groups is 1. The van der Waals surface area contributed by atoms with Crippen LogP contribution in [-0.4, -0.2) is 12.0 Å². The van der Waals surface area contributed by atoms with Crippen molar-refractivity contribution in [2.24, 2.45) is 5.92 Å². The van der Waals surface area contributed by atoms with Crippen LogP contribution in [0.25, 0.3) is 0 Å². The normalized spacial score (nSPS) is 22.9. The molecule has 5 nitrogen and oxygen atoms in total. The molecule has 146 valence electrons. The number of allylic oxidation sites excluding steroid dienone is 2. The van der Waals surface area contributed by atoms with Gasteiger partial charge in [0.15, 0.2) is 0 Å². The van der Waals surface area contributed by atoms with Gasteiger partial charge in [-0.15, -0.1) is 0 Å². The van der Waals surface area contributed by atoms with Gasteiger partial charge < -0.3 is 10.1 Å². The van der Waals surface area contributed by atoms with Crippen LogP contribution in [0.2, 0.25) is 0 Å². The van der Waals surface area contributed by atoms with Gasteiger partial charge in [-0.1, -0.05) is 30.4 Å². The lowest BCUT2D eigenvalue weighted by molar-refractivity contribution is -0.385. The van der Waals surface area contributed by atoms with Crippen LogP contribution in [0.5, 0.6) is 5.75 Å². The molecule has 2 aromatic rings. The Morgan fingerprint density at radius 2 is 1.96 bits per heavy atom. The molecule has 0 aromatic heterocycles. The van der Waals surface area contributed by atoms with Crippen LogP contribution < -0.4 is 10.1 Å². The third-order valence-electron chi connectivity index (χ3n) is 5.48. The van der Waals surface area contributed by atoms with Crippen LogP contribution in [0.4, 0.5) is 24.5 Å². The molecule has 4 rings (SSSR count). The molecule has 0 amide bonds. The van der Waals surface area contributed by atoms with Gasteiger partial charge in [-0.2, -0.15) is 13.2 Å². The van der Waals surface area contributed by atoms with Crippen molar-refractivity contribution < 1.29 is 22.8 Å². The molecule has 0 unspecified atom stereocenters. The fraction of sp³-hybridized carbons (Fsp3) is 0.300. The van der Waals surface area contributed by atoms with Crippen LogP contribution in [0.15, 0.2) is 48.6 Å². The zero-order chi connectivity index (χ0) is 20.1. The number of methoxy groups -OCH3 is 1. The maximum absolute atomic E-state index is 13.6. The number of benzene rings is 2. The summed E-state index contributed by atoms with van der Waals surface area (Å²) in [5, 5.41) is 14.7. The second-order valence-corrected chi connectivity index (χ2v) is 6.89. The Morgan fingerprint density at radius 1 is 1.21 bits per heavy atom. The van der Waals surface area contributed by atoms with E-state index in [-0.39, 0.29) is 23.1 Å². The average Bonchev–Trinajstić information content (AvgIpc) is 3.15. The minimum absolute atomic E-state index is 0.0626. The average molecular weight is 390 g/mol. The predicted octanol–water partition coefficient (Wildman–Crippen LogP) is 5.45. The Hall–Kier alpha value is -3.03. The lowest BCUT2D eigenvalue weighted by Gasteiger charge is -2.38. The highest BCUT2D eigenvalue weighted by Gasteiger charge is 2.45. The van der Waals surface area contributed by atoms with Crippen molar-refractivity contribution in [3.63, 3.8) is 0 Å². The molecule has 0 saturated heterocycles. The van der Waals surface area contributed by atoms with Crippen molar-refractivity contribution in [2.75, 3.05) is 12.4 Å². The van der Waals surface area contributed by atoms with E-state index in [2.05, 4.69) is 5.32 Å². The first-order valence-corrected chi connectivity index (χ1v) is 8.77. The van der Waals surface area contributed by atoms with E-state index in [1.54, 1.807) is 6.07 Å². The zero-order valence-electron chi connectivity index (χ0n) is 14.9. The smallest absolute Gasteiger partial charge is 0.416 e. The van der Waals surface area contributed by atoms with Gasteiger partial charge in [0, 0.05) is 12.0 Å². The van der Waals surface area contributed by atoms with Crippen LogP contribution in [0.3, 0.4) is 0 Å². The summed E-state index contributed by atoms with van der Waals surface area (Å²) in [5.41, 5.74) is 0.210. The summed E-state index contributed by atoms with van der Waals surface area (Å²) in [5.74, 6) is -0.256. The number of anilines is 1. The summed E-state index contributed by atoms with van der Waals surface area (Å²) in [4.78, 5) is 11.1. The Bertz CT molecular complexity index is 972. The summed E-state index contributed by atoms with van der Waals surface area (Å²) in [6.07, 6.45) is -0.242. The standard InChI is InChI=1S/C20H17F3N2O3/c1-28-16-10-9-15(25(26)27)17-11-6-4-7-12(11)18(24-19(16)17)13-5-2-3-8-14(13)20(21,22)23/h2-6,8-12,18,24H,7H2,1H3/t11-,12+,18+/m1/s1. The van der Waals surface area contributed by atoms with Crippen molar-refractivity contribution in [2.45, 2.75) is 24.6 Å². The Kier molecular flexibility index (Phi) is 4.28. The molecule has 0 saturated carbocycles. The van der Waals surface area contributed by atoms with Crippen molar-refractivity contribution in [1.82, 2.24) is 0 Å². The number of rotatable bonds is 3. The molecule has 1 heterocycles. The van der Waals surface area contributed by atoms with Gasteiger partial charge in [-0.05, 0) is 30.0 Å². The van der Waals surface area contributed by atoms with E-state index >= 15 is 0 Å². The van der Waals surface area contributed by atoms with Crippen LogP contribution >= 0.6 is 0 Å². The van der Waals surface area contributed by atoms with Crippen LogP contribution in [0.1, 0.15) is 35.1 Å². The maximum Gasteiger partial charge on any atom is 0.416 e. The summed E-state index contributed by atoms with van der Waals surface area (Å²) < 4.78 is 46.1. The molecule has 8 heteroatoms. The Labute approximate surface area is 159 Å². The lowest BCUT2D eigenvalue weighted by Crippen LogP contribution is -2.31. The second-order valence-electron chi connectivity index (χ2n) is 6.89. The number of ether oxygens (including phenoxy) is 1. The number of halogens is 3. The monoisotopic (exact) mass is 390 g/mol. The number of nitrogens with zero attached hydrogens (tertiary/aromatic N) is 1. The molecule has 0 bridgehead atoms. The van der Waals surface area contributed by atoms with Crippen LogP contribution in [0, 0.1) is 16.0 Å². The van der Waals surface area contributed by atoms with Crippen molar-refractivity contribution in [1.29, 1.82) is 0 Å². The predicted molar refractivity (Wildman–Crippen MR) is 97.4 cm³/mol. The summed E-state index contributed by atoms with van der Waals surface area (Å²) in [6, 6.07) is 7.66. The quantitative estimate of drug-likeness (QED) is 0.430. The third-order valence-corrected chi connectivity index (χ3v) is 5.48. The van der Waals surface area contributed by atoms with E-state index in [1.807, 2.05) is 12.2 Å². The fourth-order valence-corrected chi connectivity index (χ4v) is 4.33. The highest BCUT2D eigenvalue weighted by Crippen LogP contribution is 2.55. The number of fused-ring (bicyclic) bond motifs is 3. The Balaban J connectivity index is 1.91. The number of nitro benzene ring substituents is 1. The molecule has 2 aliphatic rings. The lowest BCUT2D eigenvalue weighted by atomic mass is 9.75. The topological polar surface area (TPSA) is 64.4 Å². The largest absolute Gasteiger partial charge is 0.495 e. The van der Waals surface area contributed by atoms with E-state index in [9.17, 15) is 23.3 Å². The fourth-order valence-electron chi connectivity index (χ4n) is 4.33. The van der Waals surface area contributed by atoms with E-state index in [0.717, 1.165) is 6.07 Å². The van der Waals surface area contributed by atoms with Gasteiger partial charge >= 0.3 is 6.18 Å². The molecule has 1 N–H and O–H groups in total. The highest BCUT2D eigenvalue weighted by molar-refractivity contribution is 5.73. The zero-order valence-corrected chi connectivity index (χ0v) is 14.9. The first-order chi connectivity index (χ1) is 13.3. The Morgan fingerprint density at radius 3 is 2.64 bits per heavy atom. The molecule has 2 aromatic carbocycles. The van der Waals surface area contributed by atoms with E-state index < -0.39 is 22.7 Å². The van der Waals surface area contributed by atoms with Crippen molar-refractivity contribution >= 4 is 11.4 Å². The van der Waals surface area contributed by atoms with Crippen LogP contribution in [-0.2, 0) is 6.18 Å². The van der Waals surface area contributed by atoms with Crippen molar-refractivity contribution in [3.05, 3.63) is 75.4 Å². The number of alkyl halides is 3. The van der Waals surface area contributed by atoms with Gasteiger partial charge in [0.05, 0.1) is 34.9 Å². The van der Waals surface area contributed by atoms with E-state index in [0.29, 0.717) is 23.4 Å². The summed E-state index contributed by atoms with van der Waals surface area (Å²) >= 11 is 0. The van der Waals surface area contributed by atoms with E-state index in [1.165, 1.54) is 31.4 Å². The minimum atomic E-state index is -4.49. The third kappa shape index (κ3) is 2.80. The molecule has 3 atom stereocenters. The van der Waals surface area contributed by atoms with Gasteiger partial charge in [-0.3, -0.25) is 10.1 Å². The first kappa shape index (κ1) is 18.3. The van der Waals surface area contributed by atoms with Gasteiger partial charge in [0.1, 0.15) is 5.75 Å². The molecule has 1 aliphatic heterocycles. The molecular formula is C20H17F3N2O3. The van der Waals surface area contributed by atoms with Gasteiger partial charge in [0.25, 0.3) is 5.69 Å². The van der Waals surface area contributed by atoms with E-state index in [4.69, 9.17) is 4.74 Å². The second kappa shape index (κ2) is 6.54. The van der Waals surface area contributed by atoms with Gasteiger partial charge in [-0.25, -0.2) is 0 Å². The minimum Gasteiger partial charge on any atom is -0.495 e. The molecule has 0 fully saturated rings. The molecule has 28 heavy (non-hydrogen) atoms. The summed E-state index contributed by atoms with van der Waals surface area (Å²) in [7, 11) is 1.43. The number of hydrogen-bond donors (Lipinski definition) is 1. The van der Waals surface area contributed by atoms with Gasteiger partial charge in [0.2, 0.25) is 0 Å². The molecule has 0 spiro atoms. The summed E-state index contributed by atoms with van der Waals surface area (Å²) in [6.45, 7) is 0.